The standard InChI is InChI=1S/C21H19Cl2NO3S2/c1-3-24-20(25)19(29-21(24)28)11-13-8-9-17(18(10-13)26-4-2)27-12-14-15(22)6-5-7-16(14)23/h5-11H,3-4,12H2,1-2H3/b19-11+. The minimum absolute atomic E-state index is 0.0749. The fraction of sp³-hybridized carbons (Fsp3) is 0.238. The minimum Gasteiger partial charge on any atom is -0.490 e. The average molecular weight is 468 g/mol. The van der Waals surface area contributed by atoms with Gasteiger partial charge in [0.1, 0.15) is 10.9 Å². The molecule has 0 saturated carbocycles. The van der Waals surface area contributed by atoms with Gasteiger partial charge in [-0.05, 0) is 49.8 Å². The Morgan fingerprint density at radius 2 is 1.83 bits per heavy atom. The molecule has 8 heteroatoms. The molecule has 1 amide bonds. The number of carbonyl (C=O) groups excluding carboxylic acids is 1. The normalized spacial score (nSPS) is 15.3. The lowest BCUT2D eigenvalue weighted by molar-refractivity contribution is -0.121. The second-order valence-electron chi connectivity index (χ2n) is 6.05. The van der Waals surface area contributed by atoms with Gasteiger partial charge in [-0.15, -0.1) is 0 Å². The Hall–Kier alpha value is -1.73. The van der Waals surface area contributed by atoms with Crippen molar-refractivity contribution in [1.29, 1.82) is 0 Å². The van der Waals surface area contributed by atoms with Crippen molar-refractivity contribution in [2.75, 3.05) is 13.2 Å². The van der Waals surface area contributed by atoms with Gasteiger partial charge in [0.05, 0.1) is 11.5 Å². The maximum Gasteiger partial charge on any atom is 0.266 e. The van der Waals surface area contributed by atoms with E-state index in [0.29, 0.717) is 49.5 Å². The van der Waals surface area contributed by atoms with Crippen LogP contribution in [0.4, 0.5) is 0 Å². The van der Waals surface area contributed by atoms with Crippen LogP contribution >= 0.6 is 47.2 Å². The van der Waals surface area contributed by atoms with Crippen molar-refractivity contribution in [2.24, 2.45) is 0 Å². The van der Waals surface area contributed by atoms with Crippen molar-refractivity contribution in [3.8, 4) is 11.5 Å². The summed E-state index contributed by atoms with van der Waals surface area (Å²) >= 11 is 19.0. The van der Waals surface area contributed by atoms with E-state index < -0.39 is 0 Å². The van der Waals surface area contributed by atoms with Crippen LogP contribution in [0.15, 0.2) is 41.3 Å². The van der Waals surface area contributed by atoms with E-state index in [1.165, 1.54) is 11.8 Å². The molecule has 0 bridgehead atoms. The fourth-order valence-corrected chi connectivity index (χ4v) is 4.64. The van der Waals surface area contributed by atoms with Crippen molar-refractivity contribution >= 4 is 63.5 Å². The first kappa shape index (κ1) is 22.0. The molecule has 0 aromatic heterocycles. The smallest absolute Gasteiger partial charge is 0.266 e. The van der Waals surface area contributed by atoms with Crippen LogP contribution < -0.4 is 9.47 Å². The van der Waals surface area contributed by atoms with Crippen LogP contribution in [0.25, 0.3) is 6.08 Å². The van der Waals surface area contributed by atoms with Crippen LogP contribution in [-0.2, 0) is 11.4 Å². The fourth-order valence-electron chi connectivity index (χ4n) is 2.75. The molecule has 1 heterocycles. The van der Waals surface area contributed by atoms with Gasteiger partial charge in [-0.25, -0.2) is 0 Å². The number of hydrogen-bond donors (Lipinski definition) is 0. The lowest BCUT2D eigenvalue weighted by Gasteiger charge is -2.14. The summed E-state index contributed by atoms with van der Waals surface area (Å²) in [4.78, 5) is 14.6. The highest BCUT2D eigenvalue weighted by molar-refractivity contribution is 8.26. The molecule has 29 heavy (non-hydrogen) atoms. The predicted molar refractivity (Wildman–Crippen MR) is 124 cm³/mol. The van der Waals surface area contributed by atoms with Gasteiger partial charge in [-0.2, -0.15) is 0 Å². The Kier molecular flexibility index (Phi) is 7.46. The summed E-state index contributed by atoms with van der Waals surface area (Å²) in [5.41, 5.74) is 1.54. The molecule has 0 atom stereocenters. The summed E-state index contributed by atoms with van der Waals surface area (Å²) in [6.07, 6.45) is 1.81. The summed E-state index contributed by atoms with van der Waals surface area (Å²) in [5.74, 6) is 1.07. The Bertz CT molecular complexity index is 958. The van der Waals surface area contributed by atoms with Crippen molar-refractivity contribution < 1.29 is 14.3 Å². The van der Waals surface area contributed by atoms with Gasteiger partial charge in [-0.3, -0.25) is 9.69 Å². The van der Waals surface area contributed by atoms with E-state index >= 15 is 0 Å². The Balaban J connectivity index is 1.83. The number of benzene rings is 2. The Morgan fingerprint density at radius 3 is 2.45 bits per heavy atom. The zero-order valence-corrected chi connectivity index (χ0v) is 19.1. The molecule has 4 nitrogen and oxygen atoms in total. The van der Waals surface area contributed by atoms with Gasteiger partial charge in [0.15, 0.2) is 11.5 Å². The molecule has 2 aromatic rings. The maximum absolute atomic E-state index is 12.4. The predicted octanol–water partition coefficient (Wildman–Crippen LogP) is 6.19. The molecular weight excluding hydrogens is 449 g/mol. The van der Waals surface area contributed by atoms with Crippen LogP contribution in [0.5, 0.6) is 11.5 Å². The van der Waals surface area contributed by atoms with Gasteiger partial charge < -0.3 is 9.47 Å². The van der Waals surface area contributed by atoms with Gasteiger partial charge in [0.2, 0.25) is 0 Å². The summed E-state index contributed by atoms with van der Waals surface area (Å²) in [6.45, 7) is 5.05. The van der Waals surface area contributed by atoms with Gasteiger partial charge in [-0.1, -0.05) is 59.3 Å². The number of rotatable bonds is 7. The number of carbonyl (C=O) groups is 1. The molecule has 2 aromatic carbocycles. The highest BCUT2D eigenvalue weighted by Gasteiger charge is 2.30. The van der Waals surface area contributed by atoms with Crippen molar-refractivity contribution in [3.63, 3.8) is 0 Å². The molecule has 1 saturated heterocycles. The van der Waals surface area contributed by atoms with Gasteiger partial charge in [0.25, 0.3) is 5.91 Å². The minimum atomic E-state index is -0.0749. The number of hydrogen-bond acceptors (Lipinski definition) is 5. The topological polar surface area (TPSA) is 38.8 Å². The van der Waals surface area contributed by atoms with E-state index in [4.69, 9.17) is 44.9 Å². The number of nitrogens with zero attached hydrogens (tertiary/aromatic N) is 1. The quantitative estimate of drug-likeness (QED) is 0.358. The van der Waals surface area contributed by atoms with E-state index in [0.717, 1.165) is 5.56 Å². The molecule has 0 unspecified atom stereocenters. The summed E-state index contributed by atoms with van der Waals surface area (Å²) in [5, 5.41) is 1.09. The molecule has 152 valence electrons. The molecule has 0 spiro atoms. The first-order valence-electron chi connectivity index (χ1n) is 9.02. The van der Waals surface area contributed by atoms with Crippen LogP contribution in [0.2, 0.25) is 10.0 Å². The van der Waals surface area contributed by atoms with Crippen molar-refractivity contribution in [1.82, 2.24) is 4.90 Å². The zero-order valence-electron chi connectivity index (χ0n) is 15.9. The number of ether oxygens (including phenoxy) is 2. The van der Waals surface area contributed by atoms with Crippen molar-refractivity contribution in [3.05, 3.63) is 62.5 Å². The number of amides is 1. The highest BCUT2D eigenvalue weighted by atomic mass is 35.5. The van der Waals surface area contributed by atoms with E-state index in [9.17, 15) is 4.79 Å². The molecule has 3 rings (SSSR count). The van der Waals surface area contributed by atoms with Gasteiger partial charge >= 0.3 is 0 Å². The molecule has 1 fully saturated rings. The Morgan fingerprint density at radius 1 is 1.10 bits per heavy atom. The zero-order chi connectivity index (χ0) is 21.0. The maximum atomic E-state index is 12.4. The first-order valence-corrected chi connectivity index (χ1v) is 11.0. The largest absolute Gasteiger partial charge is 0.490 e. The van der Waals surface area contributed by atoms with E-state index in [-0.39, 0.29) is 12.5 Å². The average Bonchev–Trinajstić information content (AvgIpc) is 2.95. The van der Waals surface area contributed by atoms with Crippen LogP contribution in [0, 0.1) is 0 Å². The van der Waals surface area contributed by atoms with Crippen molar-refractivity contribution in [2.45, 2.75) is 20.5 Å². The van der Waals surface area contributed by atoms with E-state index in [2.05, 4.69) is 0 Å². The molecule has 0 aliphatic carbocycles. The SMILES string of the molecule is CCOc1cc(/C=C2/SC(=S)N(CC)C2=O)ccc1OCc1c(Cl)cccc1Cl. The highest BCUT2D eigenvalue weighted by Crippen LogP contribution is 2.35. The first-order chi connectivity index (χ1) is 13.9. The second-order valence-corrected chi connectivity index (χ2v) is 8.54. The molecule has 1 aliphatic rings. The molecule has 0 N–H and O–H groups in total. The number of thiocarbonyl (C=S) groups is 1. The van der Waals surface area contributed by atoms with Crippen LogP contribution in [-0.4, -0.2) is 28.3 Å². The molecule has 0 radical (unpaired) electrons. The third kappa shape index (κ3) is 5.07. The lowest BCUT2D eigenvalue weighted by atomic mass is 10.1. The van der Waals surface area contributed by atoms with Gasteiger partial charge in [0, 0.05) is 22.2 Å². The summed E-state index contributed by atoms with van der Waals surface area (Å²) in [7, 11) is 0. The lowest BCUT2D eigenvalue weighted by Crippen LogP contribution is -2.27. The number of likely N-dealkylation sites (N-methyl/N-ethyl adjacent to an activating group) is 1. The molecular formula is C21H19Cl2NO3S2. The number of halogens is 2. The third-order valence-corrected chi connectivity index (χ3v) is 6.27. The third-order valence-electron chi connectivity index (χ3n) is 4.19. The van der Waals surface area contributed by atoms with Crippen LogP contribution in [0.3, 0.4) is 0 Å². The van der Waals surface area contributed by atoms with E-state index in [1.54, 1.807) is 23.1 Å². The monoisotopic (exact) mass is 467 g/mol. The number of thioether (sulfide) groups is 1. The molecule has 1 aliphatic heterocycles. The van der Waals surface area contributed by atoms with E-state index in [1.807, 2.05) is 38.1 Å². The summed E-state index contributed by atoms with van der Waals surface area (Å²) in [6, 6.07) is 10.8. The van der Waals surface area contributed by atoms with Crippen LogP contribution in [0.1, 0.15) is 25.0 Å². The summed E-state index contributed by atoms with van der Waals surface area (Å²) < 4.78 is 12.2. The second kappa shape index (κ2) is 9.85. The Labute approximate surface area is 189 Å².